The number of hydrogen-bond donors (Lipinski definition) is 2. The quantitative estimate of drug-likeness (QED) is 0.828. The summed E-state index contributed by atoms with van der Waals surface area (Å²) in [7, 11) is -4.17. The zero-order valence-electron chi connectivity index (χ0n) is 10.2. The minimum Gasteiger partial charge on any atom is -0.449 e. The second-order valence-corrected chi connectivity index (χ2v) is 5.16. The lowest BCUT2D eigenvalue weighted by molar-refractivity contribution is -0.137. The highest BCUT2D eigenvalue weighted by molar-refractivity contribution is 7.89. The summed E-state index contributed by atoms with van der Waals surface area (Å²) in [5.41, 5.74) is 0.769. The van der Waals surface area contributed by atoms with Crippen molar-refractivity contribution in [1.82, 2.24) is 10.3 Å². The van der Waals surface area contributed by atoms with Gasteiger partial charge in [0.15, 0.2) is 0 Å². The van der Waals surface area contributed by atoms with Gasteiger partial charge in [-0.3, -0.25) is 0 Å². The number of sulfonamides is 1. The van der Waals surface area contributed by atoms with E-state index in [1.807, 2.05) is 0 Å². The van der Waals surface area contributed by atoms with Crippen molar-refractivity contribution in [2.75, 3.05) is 6.61 Å². The number of rotatable bonds is 4. The van der Waals surface area contributed by atoms with Crippen LogP contribution in [0.5, 0.6) is 0 Å². The van der Waals surface area contributed by atoms with Gasteiger partial charge in [-0.15, -0.1) is 4.83 Å². The highest BCUT2D eigenvalue weighted by Gasteiger charge is 2.30. The average molecular weight is 312 g/mol. The molecule has 0 radical (unpaired) electrons. The molecular formula is C10H11F3N2O4S. The summed E-state index contributed by atoms with van der Waals surface area (Å²) < 4.78 is 64.6. The van der Waals surface area contributed by atoms with Gasteiger partial charge < -0.3 is 4.74 Å². The Labute approximate surface area is 112 Å². The third-order valence-corrected chi connectivity index (χ3v) is 3.32. The van der Waals surface area contributed by atoms with E-state index in [-0.39, 0.29) is 6.61 Å². The van der Waals surface area contributed by atoms with Gasteiger partial charge in [-0.1, -0.05) is 0 Å². The van der Waals surface area contributed by atoms with Gasteiger partial charge in [0.2, 0.25) is 0 Å². The van der Waals surface area contributed by atoms with Crippen LogP contribution in [0, 0.1) is 0 Å². The van der Waals surface area contributed by atoms with Gasteiger partial charge in [-0.2, -0.15) is 13.2 Å². The molecule has 112 valence electrons. The molecule has 0 saturated heterocycles. The maximum Gasteiger partial charge on any atom is 0.422 e. The topological polar surface area (TPSA) is 84.5 Å². The van der Waals surface area contributed by atoms with Crippen molar-refractivity contribution in [1.29, 1.82) is 0 Å². The van der Waals surface area contributed by atoms with Crippen LogP contribution in [0.3, 0.4) is 0 Å². The number of halogens is 3. The number of hydrogen-bond acceptors (Lipinski definition) is 4. The van der Waals surface area contributed by atoms with E-state index in [2.05, 4.69) is 4.74 Å². The first-order chi connectivity index (χ1) is 9.16. The van der Waals surface area contributed by atoms with Crippen LogP contribution >= 0.6 is 0 Å². The first kappa shape index (κ1) is 16.2. The van der Waals surface area contributed by atoms with Crippen molar-refractivity contribution in [3.8, 4) is 0 Å². The molecular weight excluding hydrogens is 301 g/mol. The number of benzene rings is 1. The van der Waals surface area contributed by atoms with Gasteiger partial charge in [0.05, 0.1) is 17.1 Å². The molecule has 0 aliphatic heterocycles. The lowest BCUT2D eigenvalue weighted by atomic mass is 10.2. The third kappa shape index (κ3) is 4.38. The molecule has 10 heteroatoms. The molecule has 6 nitrogen and oxygen atoms in total. The van der Waals surface area contributed by atoms with Gasteiger partial charge in [0.1, 0.15) is 0 Å². The van der Waals surface area contributed by atoms with Crippen molar-refractivity contribution in [3.05, 3.63) is 29.8 Å². The van der Waals surface area contributed by atoms with E-state index in [1.54, 1.807) is 10.3 Å². The molecule has 1 aromatic rings. The number of nitrogens with one attached hydrogen (secondary N) is 2. The molecule has 0 aliphatic carbocycles. The molecule has 1 aromatic carbocycles. The maximum absolute atomic E-state index is 12.3. The number of carbonyl (C=O) groups excluding carboxylic acids is 1. The number of hydrazine groups is 1. The molecule has 2 N–H and O–H groups in total. The van der Waals surface area contributed by atoms with E-state index in [0.717, 1.165) is 12.1 Å². The Morgan fingerprint density at radius 1 is 1.25 bits per heavy atom. The van der Waals surface area contributed by atoms with Crippen molar-refractivity contribution in [2.45, 2.75) is 18.0 Å². The predicted octanol–water partition coefficient (Wildman–Crippen LogP) is 1.64. The number of amides is 1. The minimum absolute atomic E-state index is 0.0356. The molecule has 0 unspecified atom stereocenters. The minimum atomic E-state index is -4.56. The molecule has 0 aromatic heterocycles. The molecule has 1 amide bonds. The number of alkyl halides is 3. The molecule has 0 atom stereocenters. The fourth-order valence-corrected chi connectivity index (χ4v) is 1.99. The summed E-state index contributed by atoms with van der Waals surface area (Å²) in [6.45, 7) is 1.55. The summed E-state index contributed by atoms with van der Waals surface area (Å²) in [4.78, 5) is 12.2. The summed E-state index contributed by atoms with van der Waals surface area (Å²) >= 11 is 0. The fraction of sp³-hybridized carbons (Fsp3) is 0.300. The largest absolute Gasteiger partial charge is 0.449 e. The molecule has 1 rings (SSSR count). The molecule has 20 heavy (non-hydrogen) atoms. The lowest BCUT2D eigenvalue weighted by Gasteiger charge is -2.10. The van der Waals surface area contributed by atoms with E-state index in [0.29, 0.717) is 12.1 Å². The van der Waals surface area contributed by atoms with Gasteiger partial charge in [0, 0.05) is 0 Å². The van der Waals surface area contributed by atoms with Crippen molar-refractivity contribution < 1.29 is 31.1 Å². The van der Waals surface area contributed by atoms with Gasteiger partial charge in [-0.05, 0) is 31.2 Å². The van der Waals surface area contributed by atoms with Gasteiger partial charge >= 0.3 is 12.3 Å². The summed E-state index contributed by atoms with van der Waals surface area (Å²) in [6.07, 6.45) is -5.58. The Morgan fingerprint density at radius 3 is 2.25 bits per heavy atom. The Morgan fingerprint density at radius 2 is 1.80 bits per heavy atom. The van der Waals surface area contributed by atoms with Crippen molar-refractivity contribution >= 4 is 16.1 Å². The van der Waals surface area contributed by atoms with Crippen LogP contribution in [0.2, 0.25) is 0 Å². The van der Waals surface area contributed by atoms with Crippen molar-refractivity contribution in [2.24, 2.45) is 0 Å². The lowest BCUT2D eigenvalue weighted by Crippen LogP contribution is -2.41. The fourth-order valence-electron chi connectivity index (χ4n) is 1.16. The van der Waals surface area contributed by atoms with Crippen LogP contribution in [-0.2, 0) is 20.9 Å². The molecule has 0 saturated carbocycles. The van der Waals surface area contributed by atoms with Crippen molar-refractivity contribution in [3.63, 3.8) is 0 Å². The molecule has 0 aliphatic rings. The molecule has 0 fully saturated rings. The number of ether oxygens (including phenoxy) is 1. The third-order valence-electron chi connectivity index (χ3n) is 2.05. The average Bonchev–Trinajstić information content (AvgIpc) is 2.36. The Bertz CT molecular complexity index is 569. The standard InChI is InChI=1S/C10H11F3N2O4S/c1-2-19-9(16)14-15-20(17,18)8-5-3-7(4-6-8)10(11,12)13/h3-6,15H,2H2,1H3,(H,14,16). The molecule has 0 heterocycles. The smallest absolute Gasteiger partial charge is 0.422 e. The van der Waals surface area contributed by atoms with E-state index in [9.17, 15) is 26.4 Å². The van der Waals surface area contributed by atoms with Crippen LogP contribution in [0.4, 0.5) is 18.0 Å². The second-order valence-electron chi connectivity index (χ2n) is 3.47. The number of carbonyl (C=O) groups is 1. The van der Waals surface area contributed by atoms with Crippen LogP contribution in [0.25, 0.3) is 0 Å². The van der Waals surface area contributed by atoms with Gasteiger partial charge in [0.25, 0.3) is 10.0 Å². The summed E-state index contributed by atoms with van der Waals surface area (Å²) in [6, 6.07) is 2.80. The summed E-state index contributed by atoms with van der Waals surface area (Å²) in [5, 5.41) is 0. The summed E-state index contributed by atoms with van der Waals surface area (Å²) in [5.74, 6) is 0. The van der Waals surface area contributed by atoms with Crippen LogP contribution in [-0.4, -0.2) is 21.1 Å². The first-order valence-corrected chi connectivity index (χ1v) is 6.77. The zero-order chi connectivity index (χ0) is 15.4. The maximum atomic E-state index is 12.3. The van der Waals surface area contributed by atoms with Crippen LogP contribution < -0.4 is 10.3 Å². The monoisotopic (exact) mass is 312 g/mol. The Kier molecular flexibility index (Phi) is 4.95. The SMILES string of the molecule is CCOC(=O)NNS(=O)(=O)c1ccc(C(F)(F)F)cc1. The van der Waals surface area contributed by atoms with E-state index >= 15 is 0 Å². The molecule has 0 spiro atoms. The second kappa shape index (κ2) is 6.09. The highest BCUT2D eigenvalue weighted by atomic mass is 32.2. The Hall–Kier alpha value is -1.81. The Balaban J connectivity index is 2.81. The normalized spacial score (nSPS) is 12.0. The molecule has 0 bridgehead atoms. The highest BCUT2D eigenvalue weighted by Crippen LogP contribution is 2.29. The van der Waals surface area contributed by atoms with E-state index in [1.165, 1.54) is 6.92 Å². The first-order valence-electron chi connectivity index (χ1n) is 5.28. The van der Waals surface area contributed by atoms with Crippen LogP contribution in [0.15, 0.2) is 29.2 Å². The zero-order valence-corrected chi connectivity index (χ0v) is 11.0. The van der Waals surface area contributed by atoms with E-state index < -0.39 is 32.8 Å². The van der Waals surface area contributed by atoms with E-state index in [4.69, 9.17) is 0 Å². The van der Waals surface area contributed by atoms with Gasteiger partial charge in [-0.25, -0.2) is 18.6 Å². The predicted molar refractivity (Wildman–Crippen MR) is 61.9 cm³/mol. The van der Waals surface area contributed by atoms with Crippen LogP contribution in [0.1, 0.15) is 12.5 Å².